The molecular formula is C20H29N4O5+. The Morgan fingerprint density at radius 1 is 1.24 bits per heavy atom. The molecule has 9 heteroatoms. The molecule has 3 N–H and O–H groups in total. The Balaban J connectivity index is 1.66. The topological polar surface area (TPSA) is 102 Å². The second kappa shape index (κ2) is 8.91. The number of unbranched alkanes of at least 4 members (excludes halogenated alkanes) is 1. The van der Waals surface area contributed by atoms with Crippen LogP contribution in [0.1, 0.15) is 35.7 Å². The maximum atomic E-state index is 12.1. The molecule has 2 aliphatic heterocycles. The van der Waals surface area contributed by atoms with E-state index in [1.54, 1.807) is 24.1 Å². The largest absolute Gasteiger partial charge is 0.478 e. The molecule has 0 saturated carbocycles. The minimum atomic E-state index is -0.986. The van der Waals surface area contributed by atoms with Gasteiger partial charge >= 0.3 is 12.1 Å². The average Bonchev–Trinajstić information content (AvgIpc) is 3.00. The quantitative estimate of drug-likeness (QED) is 0.363. The molecule has 3 rings (SSSR count). The van der Waals surface area contributed by atoms with Crippen molar-refractivity contribution in [3.05, 3.63) is 35.5 Å². The molecule has 1 unspecified atom stereocenters. The number of carboxylic acids is 1. The zero-order valence-electron chi connectivity index (χ0n) is 16.9. The molecule has 0 aromatic heterocycles. The minimum absolute atomic E-state index is 0.0196. The number of piperazine rings is 1. The van der Waals surface area contributed by atoms with Crippen LogP contribution in [0.3, 0.4) is 0 Å². The number of quaternary nitrogens is 1. The number of benzene rings is 1. The molecule has 9 nitrogen and oxygen atoms in total. The Morgan fingerprint density at radius 2 is 1.97 bits per heavy atom. The lowest BCUT2D eigenvalue weighted by molar-refractivity contribution is 0.0381. The Morgan fingerprint density at radius 3 is 2.59 bits per heavy atom. The van der Waals surface area contributed by atoms with Gasteiger partial charge < -0.3 is 14.7 Å². The Labute approximate surface area is 170 Å². The number of fused-ring (bicyclic) bond motifs is 1. The van der Waals surface area contributed by atoms with Crippen LogP contribution in [0.15, 0.2) is 24.4 Å². The Bertz CT molecular complexity index is 804. The van der Waals surface area contributed by atoms with Crippen molar-refractivity contribution in [3.63, 3.8) is 0 Å². The zero-order chi connectivity index (χ0) is 21.0. The van der Waals surface area contributed by atoms with E-state index in [-0.39, 0.29) is 16.2 Å². The summed E-state index contributed by atoms with van der Waals surface area (Å²) in [7, 11) is 1.79. The first kappa shape index (κ1) is 21.3. The van der Waals surface area contributed by atoms with E-state index in [0.29, 0.717) is 39.3 Å². The summed E-state index contributed by atoms with van der Waals surface area (Å²) in [5.41, 5.74) is 5.01. The van der Waals surface area contributed by atoms with Crippen LogP contribution in [0, 0.1) is 0 Å². The number of carboxylic acid groups (broad SMARTS) is 1. The fourth-order valence-corrected chi connectivity index (χ4v) is 3.72. The molecule has 2 aliphatic rings. The summed E-state index contributed by atoms with van der Waals surface area (Å²) in [6.45, 7) is 5.68. The van der Waals surface area contributed by atoms with Gasteiger partial charge in [0.1, 0.15) is 6.20 Å². The van der Waals surface area contributed by atoms with Crippen LogP contribution in [0.4, 0.5) is 10.5 Å². The van der Waals surface area contributed by atoms with Crippen LogP contribution < -0.4 is 10.2 Å². The maximum Gasteiger partial charge on any atom is 0.409 e. The van der Waals surface area contributed by atoms with Crippen molar-refractivity contribution in [2.24, 2.45) is 0 Å². The number of hydrogen-bond acceptors (Lipinski definition) is 6. The predicted molar refractivity (Wildman–Crippen MR) is 108 cm³/mol. The van der Waals surface area contributed by atoms with Gasteiger partial charge in [0.2, 0.25) is 0 Å². The monoisotopic (exact) mass is 405 g/mol. The summed E-state index contributed by atoms with van der Waals surface area (Å²) in [6.07, 6.45) is 3.47. The maximum absolute atomic E-state index is 12.1. The molecule has 1 fully saturated rings. The van der Waals surface area contributed by atoms with Crippen molar-refractivity contribution >= 4 is 23.3 Å². The SMILES string of the molecule is CCCCOC(=O)N1CCN(CC2=C[N+](C)(NO)c3ccc(C(=O)O)cc32)CC1. The van der Waals surface area contributed by atoms with Gasteiger partial charge in [-0.25, -0.2) is 9.59 Å². The van der Waals surface area contributed by atoms with E-state index < -0.39 is 5.97 Å². The van der Waals surface area contributed by atoms with Crippen LogP contribution in [0.5, 0.6) is 0 Å². The molecule has 1 aromatic rings. The van der Waals surface area contributed by atoms with E-state index in [1.807, 2.05) is 6.20 Å². The number of nitrogens with one attached hydrogen (secondary N) is 1. The summed E-state index contributed by atoms with van der Waals surface area (Å²) in [6, 6.07) is 4.90. The van der Waals surface area contributed by atoms with Gasteiger partial charge in [-0.15, -0.1) is 0 Å². The van der Waals surface area contributed by atoms with Crippen LogP contribution in [0.25, 0.3) is 5.57 Å². The number of amides is 1. The molecular weight excluding hydrogens is 376 g/mol. The standard InChI is InChI=1S/C20H28N4O5/c1-3-4-11-29-20(27)23-9-7-22(8-10-23)13-16-14-24(2,21-28)18-6-5-15(19(25)26)12-17(16)18/h5-6,12,14,21,28H,3-4,7-11,13H2,1-2H3/p+1. The highest BCUT2D eigenvalue weighted by Gasteiger charge is 2.37. The lowest BCUT2D eigenvalue weighted by atomic mass is 10.0. The number of hydrogen-bond donors (Lipinski definition) is 3. The van der Waals surface area contributed by atoms with Gasteiger partial charge in [-0.2, -0.15) is 4.59 Å². The molecule has 29 heavy (non-hydrogen) atoms. The van der Waals surface area contributed by atoms with E-state index in [1.165, 1.54) is 6.07 Å². The molecule has 1 amide bonds. The molecule has 0 aliphatic carbocycles. The zero-order valence-corrected chi connectivity index (χ0v) is 16.9. The fraction of sp³-hybridized carbons (Fsp3) is 0.500. The first-order chi connectivity index (χ1) is 13.9. The van der Waals surface area contributed by atoms with E-state index in [2.05, 4.69) is 17.4 Å². The van der Waals surface area contributed by atoms with Crippen LogP contribution in [0.2, 0.25) is 0 Å². The van der Waals surface area contributed by atoms with Gasteiger partial charge in [0.05, 0.1) is 19.2 Å². The van der Waals surface area contributed by atoms with Gasteiger partial charge in [-0.3, -0.25) is 10.1 Å². The Kier molecular flexibility index (Phi) is 6.53. The van der Waals surface area contributed by atoms with Gasteiger partial charge in [-0.1, -0.05) is 13.3 Å². The molecule has 0 bridgehead atoms. The van der Waals surface area contributed by atoms with E-state index in [4.69, 9.17) is 4.74 Å². The minimum Gasteiger partial charge on any atom is -0.478 e. The third-order valence-electron chi connectivity index (χ3n) is 5.46. The number of aromatic carboxylic acids is 1. The highest BCUT2D eigenvalue weighted by Crippen LogP contribution is 2.38. The van der Waals surface area contributed by atoms with Gasteiger partial charge in [0, 0.05) is 49.9 Å². The summed E-state index contributed by atoms with van der Waals surface area (Å²) in [4.78, 5) is 27.4. The summed E-state index contributed by atoms with van der Waals surface area (Å²) >= 11 is 0. The highest BCUT2D eigenvalue weighted by molar-refractivity contribution is 5.92. The van der Waals surface area contributed by atoms with E-state index in [9.17, 15) is 19.9 Å². The normalized spacial score (nSPS) is 21.6. The molecule has 158 valence electrons. The van der Waals surface area contributed by atoms with Crippen molar-refractivity contribution < 1.29 is 24.6 Å². The molecule has 2 heterocycles. The van der Waals surface area contributed by atoms with Crippen LogP contribution in [-0.2, 0) is 4.74 Å². The third kappa shape index (κ3) is 4.59. The lowest BCUT2D eigenvalue weighted by Crippen LogP contribution is -2.49. The lowest BCUT2D eigenvalue weighted by Gasteiger charge is -2.34. The number of carbonyl (C=O) groups excluding carboxylic acids is 1. The first-order valence-corrected chi connectivity index (χ1v) is 9.89. The van der Waals surface area contributed by atoms with Crippen molar-refractivity contribution in [1.82, 2.24) is 20.0 Å². The summed E-state index contributed by atoms with van der Waals surface area (Å²) in [5, 5.41) is 19.0. The van der Waals surface area contributed by atoms with Crippen molar-refractivity contribution in [2.75, 3.05) is 46.4 Å². The fourth-order valence-electron chi connectivity index (χ4n) is 3.72. The van der Waals surface area contributed by atoms with Crippen molar-refractivity contribution in [1.29, 1.82) is 0 Å². The van der Waals surface area contributed by atoms with Gasteiger partial charge in [-0.05, 0) is 24.1 Å². The third-order valence-corrected chi connectivity index (χ3v) is 5.46. The predicted octanol–water partition coefficient (Wildman–Crippen LogP) is 2.12. The van der Waals surface area contributed by atoms with E-state index in [0.717, 1.165) is 29.7 Å². The molecule has 1 aromatic carbocycles. The summed E-state index contributed by atoms with van der Waals surface area (Å²) < 4.78 is 5.26. The number of nitrogens with zero attached hydrogens (tertiary/aromatic N) is 3. The first-order valence-electron chi connectivity index (χ1n) is 9.89. The number of carbonyl (C=O) groups is 2. The molecule has 0 radical (unpaired) electrons. The molecule has 1 atom stereocenters. The molecule has 0 spiro atoms. The van der Waals surface area contributed by atoms with Gasteiger partial charge in [0.15, 0.2) is 5.69 Å². The number of ether oxygens (including phenoxy) is 1. The smallest absolute Gasteiger partial charge is 0.409 e. The highest BCUT2D eigenvalue weighted by atomic mass is 16.6. The number of rotatable bonds is 7. The van der Waals surface area contributed by atoms with Gasteiger partial charge in [0.25, 0.3) is 0 Å². The van der Waals surface area contributed by atoms with Crippen LogP contribution in [-0.4, -0.2) is 78.6 Å². The second-order valence-corrected chi connectivity index (χ2v) is 7.60. The van der Waals surface area contributed by atoms with E-state index >= 15 is 0 Å². The average molecular weight is 405 g/mol. The second-order valence-electron chi connectivity index (χ2n) is 7.60. The van der Waals surface area contributed by atoms with Crippen LogP contribution >= 0.6 is 0 Å². The Hall–Kier alpha value is -2.46. The summed E-state index contributed by atoms with van der Waals surface area (Å²) in [5.74, 6) is -0.986. The molecule has 1 saturated heterocycles. The van der Waals surface area contributed by atoms with Crippen molar-refractivity contribution in [2.45, 2.75) is 19.8 Å². The van der Waals surface area contributed by atoms with Crippen molar-refractivity contribution in [3.8, 4) is 0 Å².